The van der Waals surface area contributed by atoms with Crippen LogP contribution in [-0.4, -0.2) is 23.9 Å². The topological polar surface area (TPSA) is 51.6 Å². The zero-order valence-corrected chi connectivity index (χ0v) is 17.9. The molecule has 0 bridgehead atoms. The average molecular weight is 592 g/mol. The summed E-state index contributed by atoms with van der Waals surface area (Å²) in [7, 11) is 0. The average Bonchev–Trinajstić information content (AvgIpc) is 1.39. The van der Waals surface area contributed by atoms with Gasteiger partial charge in [0, 0.05) is 0 Å². The van der Waals surface area contributed by atoms with Gasteiger partial charge in [-0.2, -0.15) is 0 Å². The normalized spacial score (nSPS) is 4.29. The van der Waals surface area contributed by atoms with Crippen molar-refractivity contribution >= 4 is 53.6 Å². The molecule has 0 aromatic rings. The quantitative estimate of drug-likeness (QED) is 0.129. The van der Waals surface area contributed by atoms with Gasteiger partial charge in [-0.1, -0.05) is 0 Å². The standard InChI is InChI=1S/CH4N2.BrH.Cs.HI.Pb/c2-1-3;;;;/h1H,(H3,2,3);1H;;1H;/q;;+1;;+2/p-1. The zero-order chi connectivity index (χ0) is 5.41. The van der Waals surface area contributed by atoms with E-state index in [0.29, 0.717) is 0 Å². The second-order valence-electron chi connectivity index (χ2n) is 0.264. The minimum atomic E-state index is -0.134. The Morgan fingerprint density at radius 2 is 1.86 bits per heavy atom. The van der Waals surface area contributed by atoms with Crippen molar-refractivity contribution in [1.29, 1.82) is 0 Å². The van der Waals surface area contributed by atoms with Crippen LogP contribution >= 0.6 is 29.7 Å². The van der Waals surface area contributed by atoms with Crippen LogP contribution in [0.3, 0.4) is 0 Å². The number of hydrogen-bond donors (Lipinski definition) is 2. The third-order valence-corrected chi connectivity index (χ3v) is 0. The summed E-state index contributed by atoms with van der Waals surface area (Å²) in [5, 5.41) is 4.50. The molecule has 6 heteroatoms. The molecule has 2 nitrogen and oxygen atoms in total. The third-order valence-electron chi connectivity index (χ3n) is 0. The fraction of sp³-hybridized carbons (Fsp3) is 0. The van der Waals surface area contributed by atoms with Crippen LogP contribution in [-0.2, 0) is 0 Å². The molecule has 0 heterocycles. The van der Waals surface area contributed by atoms with Crippen molar-refractivity contribution in [2.24, 2.45) is 5.73 Å². The third kappa shape index (κ3) is 42.4. The Hall–Kier alpha value is 3.65. The van der Waals surface area contributed by atoms with Crippen molar-refractivity contribution in [2.45, 2.75) is 0 Å². The van der Waals surface area contributed by atoms with E-state index in [1.165, 1.54) is 0 Å². The number of nitrogens with two attached hydrogens (primary N) is 2. The summed E-state index contributed by atoms with van der Waals surface area (Å²) >= 11 is 5.59. The first-order chi connectivity index (χ1) is 2.83. The molecule has 0 amide bonds. The fourth-order valence-corrected chi connectivity index (χ4v) is 0. The molecule has 2 radical (unpaired) electrons. The van der Waals surface area contributed by atoms with E-state index < -0.39 is 0 Å². The molecule has 0 atom stereocenters. The van der Waals surface area contributed by atoms with E-state index in [4.69, 9.17) is 0 Å². The Morgan fingerprint density at radius 1 is 1.86 bits per heavy atom. The Kier molecular flexibility index (Phi) is 54.8. The summed E-state index contributed by atoms with van der Waals surface area (Å²) in [6.45, 7) is 0. The van der Waals surface area contributed by atoms with Gasteiger partial charge in [-0.25, -0.2) is 0 Å². The van der Waals surface area contributed by atoms with Crippen molar-refractivity contribution < 1.29 is 74.3 Å². The molecule has 0 aliphatic heterocycles. The molecule has 0 aromatic carbocycles. The second kappa shape index (κ2) is 22.6. The van der Waals surface area contributed by atoms with Crippen LogP contribution < -0.4 is 80.0 Å². The summed E-state index contributed by atoms with van der Waals surface area (Å²) in [5.74, 6) is 0. The van der Waals surface area contributed by atoms with Crippen LogP contribution in [0.1, 0.15) is 0 Å². The van der Waals surface area contributed by atoms with Crippen molar-refractivity contribution in [1.82, 2.24) is 0 Å². The van der Waals surface area contributed by atoms with Gasteiger partial charge in [-0.15, -0.1) is 0 Å². The molecule has 0 rings (SSSR count). The van der Waals surface area contributed by atoms with Gasteiger partial charge >= 0.3 is 116 Å². The molecule has 7 heavy (non-hydrogen) atoms. The minimum absolute atomic E-state index is 0. The van der Waals surface area contributed by atoms with Crippen molar-refractivity contribution in [2.75, 3.05) is 0 Å². The van der Waals surface area contributed by atoms with Gasteiger partial charge in [-0.05, 0) is 0 Å². The molecule has 0 spiro atoms. The van der Waals surface area contributed by atoms with Crippen LogP contribution in [0.4, 0.5) is 0 Å². The Balaban J connectivity index is -0.0000000400. The first-order valence-corrected chi connectivity index (χ1v) is 20.4. The summed E-state index contributed by atoms with van der Waals surface area (Å²) in [5.41, 5.74) is 4.50. The second-order valence-corrected chi connectivity index (χ2v) is 22.0. The first kappa shape index (κ1) is 16.9. The number of rotatable bonds is 0. The molecule has 0 unspecified atom stereocenters. The molecule has 0 aliphatic carbocycles. The van der Waals surface area contributed by atoms with Gasteiger partial charge in [0.1, 0.15) is 0 Å². The smallest absolute Gasteiger partial charge is 1.00 e. The van der Waals surface area contributed by atoms with Gasteiger partial charge in [0.2, 0.25) is 6.34 Å². The van der Waals surface area contributed by atoms with E-state index in [0.717, 1.165) is 6.34 Å². The molecule has 36 valence electrons. The maximum absolute atomic E-state index is 4.50. The molecule has 0 saturated heterocycles. The Bertz CT molecular complexity index is 31.7. The maximum Gasteiger partial charge on any atom is 1.00 e. The number of hydrogen-bond acceptors (Lipinski definition) is 0. The molecule has 4 N–H and O–H groups in total. The SMILES string of the molecule is NC=[NH2+].[Br][Pb][I].[Cs+]. The maximum atomic E-state index is 4.50. The van der Waals surface area contributed by atoms with Crippen LogP contribution in [0, 0.1) is 0 Å². The van der Waals surface area contributed by atoms with E-state index in [-0.39, 0.29) is 86.4 Å². The van der Waals surface area contributed by atoms with Crippen LogP contribution in [0.15, 0.2) is 0 Å². The van der Waals surface area contributed by atoms with Gasteiger partial charge in [0.25, 0.3) is 0 Å². The van der Waals surface area contributed by atoms with Crippen molar-refractivity contribution in [3.05, 3.63) is 0 Å². The molecule has 0 aromatic heterocycles. The fourth-order valence-electron chi connectivity index (χ4n) is 0. The van der Waals surface area contributed by atoms with Crippen molar-refractivity contribution in [3.63, 3.8) is 0 Å². The van der Waals surface area contributed by atoms with Crippen LogP contribution in [0.2, 0.25) is 0 Å². The zero-order valence-electron chi connectivity index (χ0n) is 3.99. The van der Waals surface area contributed by atoms with E-state index in [2.05, 4.69) is 40.9 Å². The molecular weight excluding hydrogens is 587 g/mol. The predicted octanol–water partition coefficient (Wildman–Crippen LogP) is -3.91. The first-order valence-electron chi connectivity index (χ1n) is 1.04. The Labute approximate surface area is 129 Å². The summed E-state index contributed by atoms with van der Waals surface area (Å²) in [6, 6.07) is 0. The van der Waals surface area contributed by atoms with Crippen LogP contribution in [0.5, 0.6) is 0 Å². The van der Waals surface area contributed by atoms with E-state index in [9.17, 15) is 0 Å². The number of halogens is 2. The largest absolute Gasteiger partial charge is 1.00 e. The summed E-state index contributed by atoms with van der Waals surface area (Å²) < 4.78 is 0. The molecule has 0 saturated carbocycles. The van der Waals surface area contributed by atoms with Gasteiger partial charge in [0.05, 0.1) is 0 Å². The summed E-state index contributed by atoms with van der Waals surface area (Å²) in [4.78, 5) is 0. The van der Waals surface area contributed by atoms with Gasteiger partial charge in [0.15, 0.2) is 0 Å². The molecule has 0 fully saturated rings. The van der Waals surface area contributed by atoms with Crippen LogP contribution in [0.25, 0.3) is 0 Å². The van der Waals surface area contributed by atoms with E-state index in [1.54, 1.807) is 0 Å². The minimum Gasteiger partial charge on any atom is 1.00 e. The van der Waals surface area contributed by atoms with E-state index in [1.807, 2.05) is 0 Å². The van der Waals surface area contributed by atoms with Gasteiger partial charge < -0.3 is 0 Å². The van der Waals surface area contributed by atoms with Gasteiger partial charge in [-0.3, -0.25) is 11.1 Å². The van der Waals surface area contributed by atoms with E-state index >= 15 is 0 Å². The Morgan fingerprint density at radius 3 is 1.86 bits per heavy atom. The molecular formula is CH5BrCsIN2Pb+2. The van der Waals surface area contributed by atoms with Crippen molar-refractivity contribution in [3.8, 4) is 0 Å². The summed E-state index contributed by atoms with van der Waals surface area (Å²) in [6.07, 6.45) is 1.00. The predicted molar refractivity (Wildman–Crippen MR) is 40.9 cm³/mol. The molecule has 0 aliphatic rings. The monoisotopic (exact) mass is 592 g/mol.